The fourth-order valence-corrected chi connectivity index (χ4v) is 3.62. The lowest BCUT2D eigenvalue weighted by Crippen LogP contribution is -2.30. The number of amides is 1. The second-order valence-electron chi connectivity index (χ2n) is 7.22. The lowest BCUT2D eigenvalue weighted by molar-refractivity contribution is -0.121. The minimum atomic E-state index is -0.418. The maximum atomic E-state index is 13.8. The van der Waals surface area contributed by atoms with Crippen LogP contribution < -0.4 is 10.9 Å². The SMILES string of the molecule is C[C@@H](CNC(=O)CCn1c(=O)c2cccn2c2ccc(F)cc21)c1ccccc1. The molecule has 0 saturated heterocycles. The monoisotopic (exact) mass is 391 g/mol. The summed E-state index contributed by atoms with van der Waals surface area (Å²) in [5.74, 6) is -0.368. The summed E-state index contributed by atoms with van der Waals surface area (Å²) >= 11 is 0. The molecule has 0 fully saturated rings. The van der Waals surface area contributed by atoms with Crippen molar-refractivity contribution in [1.29, 1.82) is 0 Å². The van der Waals surface area contributed by atoms with E-state index in [9.17, 15) is 14.0 Å². The van der Waals surface area contributed by atoms with Crippen LogP contribution in [-0.4, -0.2) is 21.4 Å². The molecule has 4 aromatic rings. The van der Waals surface area contributed by atoms with Crippen molar-refractivity contribution >= 4 is 22.5 Å². The van der Waals surface area contributed by atoms with Gasteiger partial charge in [-0.15, -0.1) is 0 Å². The first kappa shape index (κ1) is 18.9. The smallest absolute Gasteiger partial charge is 0.275 e. The van der Waals surface area contributed by atoms with Crippen molar-refractivity contribution in [3.8, 4) is 0 Å². The summed E-state index contributed by atoms with van der Waals surface area (Å²) in [6.45, 7) is 2.76. The minimum Gasteiger partial charge on any atom is -0.355 e. The summed E-state index contributed by atoms with van der Waals surface area (Å²) in [5, 5.41) is 2.93. The molecule has 0 aliphatic heterocycles. The van der Waals surface area contributed by atoms with Crippen LogP contribution in [0, 0.1) is 5.82 Å². The average molecular weight is 391 g/mol. The minimum absolute atomic E-state index is 0.139. The van der Waals surface area contributed by atoms with Crippen molar-refractivity contribution in [3.63, 3.8) is 0 Å². The number of nitrogens with one attached hydrogen (secondary N) is 1. The Kier molecular flexibility index (Phi) is 5.16. The molecule has 6 heteroatoms. The van der Waals surface area contributed by atoms with Crippen LogP contribution >= 0.6 is 0 Å². The molecule has 4 rings (SSSR count). The molecule has 0 aliphatic rings. The molecule has 1 N–H and O–H groups in total. The third kappa shape index (κ3) is 3.78. The van der Waals surface area contributed by atoms with Gasteiger partial charge in [-0.05, 0) is 41.8 Å². The normalized spacial score (nSPS) is 12.3. The van der Waals surface area contributed by atoms with Crippen LogP contribution in [0.1, 0.15) is 24.8 Å². The number of carbonyl (C=O) groups excluding carboxylic acids is 1. The van der Waals surface area contributed by atoms with Crippen molar-refractivity contribution in [2.75, 3.05) is 6.54 Å². The number of aromatic nitrogens is 2. The Bertz CT molecular complexity index is 1230. The molecule has 1 atom stereocenters. The van der Waals surface area contributed by atoms with Crippen LogP contribution in [0.25, 0.3) is 16.6 Å². The largest absolute Gasteiger partial charge is 0.355 e. The quantitative estimate of drug-likeness (QED) is 0.545. The van der Waals surface area contributed by atoms with Gasteiger partial charge >= 0.3 is 0 Å². The lowest BCUT2D eigenvalue weighted by atomic mass is 10.0. The highest BCUT2D eigenvalue weighted by Gasteiger charge is 2.13. The van der Waals surface area contributed by atoms with E-state index in [2.05, 4.69) is 12.2 Å². The van der Waals surface area contributed by atoms with Crippen molar-refractivity contribution in [1.82, 2.24) is 14.3 Å². The predicted octanol–water partition coefficient (Wildman–Crippen LogP) is 3.70. The van der Waals surface area contributed by atoms with Gasteiger partial charge in [0.2, 0.25) is 5.91 Å². The number of rotatable bonds is 6. The van der Waals surface area contributed by atoms with Gasteiger partial charge in [0.25, 0.3) is 5.56 Å². The van der Waals surface area contributed by atoms with Crippen LogP contribution in [-0.2, 0) is 11.3 Å². The molecule has 0 spiro atoms. The van der Waals surface area contributed by atoms with Crippen molar-refractivity contribution in [2.24, 2.45) is 0 Å². The standard InChI is InChI=1S/C23H22FN3O2/c1-16(17-6-3-2-4-7-17)15-25-22(28)11-13-27-21-14-18(24)9-10-19(21)26-12-5-8-20(26)23(27)29/h2-10,12,14,16H,11,13,15H2,1H3,(H,25,28)/t16-/m0/s1. The van der Waals surface area contributed by atoms with Crippen molar-refractivity contribution in [3.05, 3.63) is 88.6 Å². The van der Waals surface area contributed by atoms with Crippen LogP contribution in [0.2, 0.25) is 0 Å². The van der Waals surface area contributed by atoms with Gasteiger partial charge in [0.15, 0.2) is 0 Å². The molecule has 29 heavy (non-hydrogen) atoms. The molecule has 2 aromatic heterocycles. The zero-order valence-corrected chi connectivity index (χ0v) is 16.1. The Morgan fingerprint density at radius 3 is 2.62 bits per heavy atom. The molecule has 0 bridgehead atoms. The second-order valence-corrected chi connectivity index (χ2v) is 7.22. The van der Waals surface area contributed by atoms with Gasteiger partial charge in [-0.25, -0.2) is 4.39 Å². The van der Waals surface area contributed by atoms with E-state index >= 15 is 0 Å². The Morgan fingerprint density at radius 2 is 1.83 bits per heavy atom. The number of carbonyl (C=O) groups is 1. The Balaban J connectivity index is 1.51. The molecule has 0 saturated carbocycles. The molecule has 148 valence electrons. The van der Waals surface area contributed by atoms with Gasteiger partial charge in [0.05, 0.1) is 11.0 Å². The summed E-state index contributed by atoms with van der Waals surface area (Å²) in [6, 6.07) is 17.8. The topological polar surface area (TPSA) is 55.5 Å². The predicted molar refractivity (Wildman–Crippen MR) is 112 cm³/mol. The molecule has 0 aliphatic carbocycles. The van der Waals surface area contributed by atoms with E-state index in [0.29, 0.717) is 17.6 Å². The number of halogens is 1. The number of benzene rings is 2. The maximum absolute atomic E-state index is 13.8. The van der Waals surface area contributed by atoms with Crippen molar-refractivity contribution < 1.29 is 9.18 Å². The number of hydrogen-bond donors (Lipinski definition) is 1. The van der Waals surface area contributed by atoms with E-state index in [4.69, 9.17) is 0 Å². The molecule has 5 nitrogen and oxygen atoms in total. The first-order chi connectivity index (χ1) is 14.0. The molecule has 2 aromatic carbocycles. The Hall–Kier alpha value is -3.41. The van der Waals surface area contributed by atoms with E-state index in [0.717, 1.165) is 11.1 Å². The molecular formula is C23H22FN3O2. The van der Waals surface area contributed by atoms with Gasteiger partial charge in [-0.1, -0.05) is 37.3 Å². The fourth-order valence-electron chi connectivity index (χ4n) is 3.62. The summed E-state index contributed by atoms with van der Waals surface area (Å²) in [4.78, 5) is 25.2. The summed E-state index contributed by atoms with van der Waals surface area (Å²) < 4.78 is 17.1. The molecule has 0 radical (unpaired) electrons. The van der Waals surface area contributed by atoms with E-state index in [1.807, 2.05) is 30.3 Å². The van der Waals surface area contributed by atoms with Gasteiger partial charge < -0.3 is 14.3 Å². The van der Waals surface area contributed by atoms with E-state index in [1.165, 1.54) is 16.7 Å². The number of nitrogens with zero attached hydrogens (tertiary/aromatic N) is 2. The highest BCUT2D eigenvalue weighted by molar-refractivity contribution is 5.80. The highest BCUT2D eigenvalue weighted by atomic mass is 19.1. The molecular weight excluding hydrogens is 369 g/mol. The van der Waals surface area contributed by atoms with E-state index < -0.39 is 5.82 Å². The van der Waals surface area contributed by atoms with Crippen LogP contribution in [0.5, 0.6) is 0 Å². The molecule has 2 heterocycles. The Morgan fingerprint density at radius 1 is 1.03 bits per heavy atom. The molecule has 1 amide bonds. The average Bonchev–Trinajstić information content (AvgIpc) is 3.22. The maximum Gasteiger partial charge on any atom is 0.275 e. The number of hydrogen-bond acceptors (Lipinski definition) is 2. The summed E-state index contributed by atoms with van der Waals surface area (Å²) in [6.07, 6.45) is 1.92. The van der Waals surface area contributed by atoms with Gasteiger partial charge in [-0.2, -0.15) is 0 Å². The van der Waals surface area contributed by atoms with E-state index in [1.54, 1.807) is 28.8 Å². The zero-order chi connectivity index (χ0) is 20.4. The van der Waals surface area contributed by atoms with E-state index in [-0.39, 0.29) is 30.3 Å². The second kappa shape index (κ2) is 7.91. The van der Waals surface area contributed by atoms with Crippen LogP contribution in [0.3, 0.4) is 0 Å². The van der Waals surface area contributed by atoms with Crippen molar-refractivity contribution in [2.45, 2.75) is 25.8 Å². The Labute approximate surface area is 167 Å². The molecule has 0 unspecified atom stereocenters. The van der Waals surface area contributed by atoms with Gasteiger partial charge in [-0.3, -0.25) is 9.59 Å². The fraction of sp³-hybridized carbons (Fsp3) is 0.217. The summed E-state index contributed by atoms with van der Waals surface area (Å²) in [5.41, 5.74) is 2.62. The third-order valence-corrected chi connectivity index (χ3v) is 5.24. The highest BCUT2D eigenvalue weighted by Crippen LogP contribution is 2.17. The first-order valence-electron chi connectivity index (χ1n) is 9.65. The lowest BCUT2D eigenvalue weighted by Gasteiger charge is -2.15. The third-order valence-electron chi connectivity index (χ3n) is 5.24. The van der Waals surface area contributed by atoms with Crippen LogP contribution in [0.4, 0.5) is 4.39 Å². The number of aryl methyl sites for hydroxylation is 1. The van der Waals surface area contributed by atoms with Gasteiger partial charge in [0.1, 0.15) is 11.3 Å². The van der Waals surface area contributed by atoms with Crippen LogP contribution in [0.15, 0.2) is 71.7 Å². The summed E-state index contributed by atoms with van der Waals surface area (Å²) in [7, 11) is 0. The first-order valence-corrected chi connectivity index (χ1v) is 9.65. The number of fused-ring (bicyclic) bond motifs is 3. The zero-order valence-electron chi connectivity index (χ0n) is 16.1. The van der Waals surface area contributed by atoms with Gasteiger partial charge in [0, 0.05) is 25.7 Å².